The van der Waals surface area contributed by atoms with Crippen molar-refractivity contribution in [3.05, 3.63) is 48.2 Å². The fraction of sp³-hybridized carbons (Fsp3) is 0.333. The van der Waals surface area contributed by atoms with E-state index in [4.69, 9.17) is 0 Å². The molecule has 2 nitrogen and oxygen atoms in total. The molecule has 1 aromatic heterocycles. The Kier molecular flexibility index (Phi) is 3.99. The van der Waals surface area contributed by atoms with Gasteiger partial charge in [-0.2, -0.15) is 0 Å². The molecule has 0 saturated heterocycles. The molecule has 90 valence electrons. The second-order valence-electron chi connectivity index (χ2n) is 4.22. The van der Waals surface area contributed by atoms with E-state index in [9.17, 15) is 0 Å². The molecule has 0 aliphatic carbocycles. The summed E-state index contributed by atoms with van der Waals surface area (Å²) < 4.78 is 0. The molecular weight excluding hydrogens is 208 g/mol. The molecule has 0 aliphatic heterocycles. The summed E-state index contributed by atoms with van der Waals surface area (Å²) >= 11 is 0. The topological polar surface area (TPSA) is 27.8 Å². The standard InChI is InChI=1S/C15H20N2/c1-3-14(16-4-2)12-7-9-13(10-8-12)15-6-5-11-17-15/h5-11,14,16-17H,3-4H2,1-2H3. The van der Waals surface area contributed by atoms with E-state index < -0.39 is 0 Å². The lowest BCUT2D eigenvalue weighted by Crippen LogP contribution is -2.19. The largest absolute Gasteiger partial charge is 0.361 e. The molecule has 0 aliphatic rings. The Morgan fingerprint density at radius 1 is 1.12 bits per heavy atom. The highest BCUT2D eigenvalue weighted by Gasteiger charge is 2.07. The van der Waals surface area contributed by atoms with Crippen LogP contribution in [-0.2, 0) is 0 Å². The second-order valence-corrected chi connectivity index (χ2v) is 4.22. The van der Waals surface area contributed by atoms with Crippen molar-refractivity contribution >= 4 is 0 Å². The van der Waals surface area contributed by atoms with E-state index in [1.165, 1.54) is 16.8 Å². The van der Waals surface area contributed by atoms with Gasteiger partial charge in [-0.15, -0.1) is 0 Å². The van der Waals surface area contributed by atoms with Crippen molar-refractivity contribution in [1.29, 1.82) is 0 Å². The first kappa shape index (κ1) is 11.9. The molecule has 1 unspecified atom stereocenters. The minimum atomic E-state index is 0.470. The summed E-state index contributed by atoms with van der Waals surface area (Å²) in [5, 5.41) is 3.49. The third kappa shape index (κ3) is 2.77. The van der Waals surface area contributed by atoms with E-state index in [-0.39, 0.29) is 0 Å². The Balaban J connectivity index is 2.17. The maximum atomic E-state index is 3.49. The van der Waals surface area contributed by atoms with Gasteiger partial charge in [-0.05, 0) is 36.2 Å². The van der Waals surface area contributed by atoms with Crippen LogP contribution in [0.25, 0.3) is 11.3 Å². The summed E-state index contributed by atoms with van der Waals surface area (Å²) in [5.41, 5.74) is 3.78. The van der Waals surface area contributed by atoms with Crippen LogP contribution in [-0.4, -0.2) is 11.5 Å². The number of hydrogen-bond acceptors (Lipinski definition) is 1. The lowest BCUT2D eigenvalue weighted by atomic mass is 10.0. The molecule has 1 heterocycles. The number of rotatable bonds is 5. The SMILES string of the molecule is CCNC(CC)c1ccc(-c2ccc[nH]2)cc1. The van der Waals surface area contributed by atoms with E-state index in [2.05, 4.69) is 54.5 Å². The number of H-pyrrole nitrogens is 1. The normalized spacial score (nSPS) is 12.6. The molecule has 2 heteroatoms. The first-order valence-corrected chi connectivity index (χ1v) is 6.32. The number of aromatic nitrogens is 1. The fourth-order valence-corrected chi connectivity index (χ4v) is 2.15. The summed E-state index contributed by atoms with van der Waals surface area (Å²) in [7, 11) is 0. The van der Waals surface area contributed by atoms with Crippen molar-refractivity contribution in [3.63, 3.8) is 0 Å². The predicted molar refractivity (Wildman–Crippen MR) is 72.9 cm³/mol. The van der Waals surface area contributed by atoms with Crippen LogP contribution in [0.4, 0.5) is 0 Å². The molecule has 2 rings (SSSR count). The van der Waals surface area contributed by atoms with Gasteiger partial charge in [-0.25, -0.2) is 0 Å². The van der Waals surface area contributed by atoms with Crippen LogP contribution in [0.3, 0.4) is 0 Å². The lowest BCUT2D eigenvalue weighted by molar-refractivity contribution is 0.537. The van der Waals surface area contributed by atoms with Gasteiger partial charge in [-0.1, -0.05) is 38.1 Å². The maximum absolute atomic E-state index is 3.49. The van der Waals surface area contributed by atoms with E-state index in [1.807, 2.05) is 12.3 Å². The maximum Gasteiger partial charge on any atom is 0.0453 e. The number of nitrogens with one attached hydrogen (secondary N) is 2. The highest BCUT2D eigenvalue weighted by atomic mass is 14.9. The summed E-state index contributed by atoms with van der Waals surface area (Å²) in [6.07, 6.45) is 3.08. The quantitative estimate of drug-likeness (QED) is 0.801. The van der Waals surface area contributed by atoms with Gasteiger partial charge in [0.15, 0.2) is 0 Å². The van der Waals surface area contributed by atoms with E-state index in [0.717, 1.165) is 13.0 Å². The molecular formula is C15H20N2. The van der Waals surface area contributed by atoms with Crippen molar-refractivity contribution < 1.29 is 0 Å². The van der Waals surface area contributed by atoms with Crippen molar-refractivity contribution in [2.45, 2.75) is 26.3 Å². The minimum absolute atomic E-state index is 0.470. The summed E-state index contributed by atoms with van der Waals surface area (Å²) in [4.78, 5) is 3.23. The van der Waals surface area contributed by atoms with Gasteiger partial charge >= 0.3 is 0 Å². The van der Waals surface area contributed by atoms with Gasteiger partial charge < -0.3 is 10.3 Å². The predicted octanol–water partition coefficient (Wildman–Crippen LogP) is 3.74. The average molecular weight is 228 g/mol. The van der Waals surface area contributed by atoms with E-state index >= 15 is 0 Å². The average Bonchev–Trinajstić information content (AvgIpc) is 2.90. The zero-order chi connectivity index (χ0) is 12.1. The highest BCUT2D eigenvalue weighted by Crippen LogP contribution is 2.21. The second kappa shape index (κ2) is 5.69. The van der Waals surface area contributed by atoms with Gasteiger partial charge in [0.05, 0.1) is 0 Å². The van der Waals surface area contributed by atoms with Gasteiger partial charge in [0.25, 0.3) is 0 Å². The fourth-order valence-electron chi connectivity index (χ4n) is 2.15. The minimum Gasteiger partial charge on any atom is -0.361 e. The third-order valence-corrected chi connectivity index (χ3v) is 3.08. The van der Waals surface area contributed by atoms with E-state index in [0.29, 0.717) is 6.04 Å². The molecule has 0 spiro atoms. The number of aromatic amines is 1. The monoisotopic (exact) mass is 228 g/mol. The molecule has 1 aromatic carbocycles. The van der Waals surface area contributed by atoms with Crippen LogP contribution in [0, 0.1) is 0 Å². The van der Waals surface area contributed by atoms with Crippen molar-refractivity contribution in [2.24, 2.45) is 0 Å². The molecule has 2 aromatic rings. The molecule has 0 radical (unpaired) electrons. The summed E-state index contributed by atoms with van der Waals surface area (Å²) in [6, 6.07) is 13.4. The van der Waals surface area contributed by atoms with Gasteiger partial charge in [-0.3, -0.25) is 0 Å². The van der Waals surface area contributed by atoms with Gasteiger partial charge in [0, 0.05) is 17.9 Å². The van der Waals surface area contributed by atoms with Crippen molar-refractivity contribution in [2.75, 3.05) is 6.54 Å². The molecule has 0 saturated carbocycles. The molecule has 0 fully saturated rings. The van der Waals surface area contributed by atoms with Crippen LogP contribution < -0.4 is 5.32 Å². The molecule has 0 amide bonds. The third-order valence-electron chi connectivity index (χ3n) is 3.08. The molecule has 2 N–H and O–H groups in total. The van der Waals surface area contributed by atoms with Crippen LogP contribution >= 0.6 is 0 Å². The van der Waals surface area contributed by atoms with Gasteiger partial charge in [0.2, 0.25) is 0 Å². The first-order chi connectivity index (χ1) is 8.35. The Morgan fingerprint density at radius 3 is 2.41 bits per heavy atom. The van der Waals surface area contributed by atoms with Crippen LogP contribution in [0.15, 0.2) is 42.6 Å². The molecule has 0 bridgehead atoms. The van der Waals surface area contributed by atoms with Crippen LogP contribution in [0.2, 0.25) is 0 Å². The zero-order valence-electron chi connectivity index (χ0n) is 10.5. The van der Waals surface area contributed by atoms with Crippen molar-refractivity contribution in [1.82, 2.24) is 10.3 Å². The van der Waals surface area contributed by atoms with Crippen molar-refractivity contribution in [3.8, 4) is 11.3 Å². The molecule has 17 heavy (non-hydrogen) atoms. The Labute approximate surface area is 103 Å². The van der Waals surface area contributed by atoms with Crippen LogP contribution in [0.5, 0.6) is 0 Å². The first-order valence-electron chi connectivity index (χ1n) is 6.32. The number of hydrogen-bond donors (Lipinski definition) is 2. The smallest absolute Gasteiger partial charge is 0.0453 e. The summed E-state index contributed by atoms with van der Waals surface area (Å²) in [6.45, 7) is 5.37. The van der Waals surface area contributed by atoms with Crippen LogP contribution in [0.1, 0.15) is 31.9 Å². The number of benzene rings is 1. The Hall–Kier alpha value is -1.54. The Bertz CT molecular complexity index is 428. The lowest BCUT2D eigenvalue weighted by Gasteiger charge is -2.16. The van der Waals surface area contributed by atoms with E-state index in [1.54, 1.807) is 0 Å². The summed E-state index contributed by atoms with van der Waals surface area (Å²) in [5.74, 6) is 0. The Morgan fingerprint density at radius 2 is 1.88 bits per heavy atom. The molecule has 1 atom stereocenters. The van der Waals surface area contributed by atoms with Gasteiger partial charge in [0.1, 0.15) is 0 Å². The highest BCUT2D eigenvalue weighted by molar-refractivity contribution is 5.59. The zero-order valence-corrected chi connectivity index (χ0v) is 10.5.